The predicted molar refractivity (Wildman–Crippen MR) is 162 cm³/mol. The van der Waals surface area contributed by atoms with E-state index in [2.05, 4.69) is 21.7 Å². The van der Waals surface area contributed by atoms with Crippen LogP contribution in [0.15, 0.2) is 85.5 Å². The van der Waals surface area contributed by atoms with Crippen LogP contribution in [0.1, 0.15) is 35.5 Å². The van der Waals surface area contributed by atoms with Crippen molar-refractivity contribution in [3.8, 4) is 0 Å². The number of carbonyl (C=O) groups is 1. The minimum atomic E-state index is -0.607. The first-order valence-corrected chi connectivity index (χ1v) is 14.3. The predicted octanol–water partition coefficient (Wildman–Crippen LogP) is 5.19. The summed E-state index contributed by atoms with van der Waals surface area (Å²) < 4.78 is 17.9. The number of piperazine rings is 1. The molecule has 1 amide bonds. The molecule has 43 heavy (non-hydrogen) atoms. The molecule has 0 spiro atoms. The van der Waals surface area contributed by atoms with Crippen molar-refractivity contribution in [2.75, 3.05) is 49.5 Å². The Morgan fingerprint density at radius 3 is 2.30 bits per heavy atom. The first-order valence-electron chi connectivity index (χ1n) is 14.3. The van der Waals surface area contributed by atoms with Gasteiger partial charge in [-0.05, 0) is 35.4 Å². The lowest BCUT2D eigenvalue weighted by Crippen LogP contribution is -2.49. The molecule has 0 aromatic heterocycles. The van der Waals surface area contributed by atoms with Crippen LogP contribution in [0.25, 0.3) is 0 Å². The van der Waals surface area contributed by atoms with Gasteiger partial charge in [-0.15, -0.1) is 0 Å². The highest BCUT2D eigenvalue weighted by Crippen LogP contribution is 2.38. The van der Waals surface area contributed by atoms with Gasteiger partial charge < -0.3 is 24.2 Å². The van der Waals surface area contributed by atoms with Crippen LogP contribution in [0.4, 0.5) is 21.9 Å². The summed E-state index contributed by atoms with van der Waals surface area (Å²) in [6.07, 6.45) is 0.710. The van der Waals surface area contributed by atoms with Gasteiger partial charge in [-0.25, -0.2) is 4.79 Å². The van der Waals surface area contributed by atoms with E-state index in [0.29, 0.717) is 12.1 Å². The zero-order valence-electron chi connectivity index (χ0n) is 23.8. The van der Waals surface area contributed by atoms with Crippen molar-refractivity contribution >= 4 is 23.2 Å². The number of anilines is 2. The summed E-state index contributed by atoms with van der Waals surface area (Å²) in [6.45, 7) is 7.65. The number of ether oxygens (including phenoxy) is 3. The fourth-order valence-electron chi connectivity index (χ4n) is 5.31. The number of aliphatic hydroxyl groups is 1. The Hall–Kier alpha value is -4.29. The Morgan fingerprint density at radius 2 is 1.67 bits per heavy atom. The van der Waals surface area contributed by atoms with Crippen LogP contribution >= 0.6 is 0 Å². The molecular formula is C32H36N4O7. The smallest absolute Gasteiger partial charge is 0.411 e. The molecule has 0 saturated carbocycles. The molecule has 11 nitrogen and oxygen atoms in total. The van der Waals surface area contributed by atoms with Gasteiger partial charge in [-0.2, -0.15) is 0 Å². The number of nitrogens with one attached hydrogen (secondary N) is 1. The molecule has 2 heterocycles. The van der Waals surface area contributed by atoms with Crippen molar-refractivity contribution in [1.82, 2.24) is 4.90 Å². The number of benzene rings is 3. The Labute approximate surface area is 250 Å². The molecule has 11 heteroatoms. The van der Waals surface area contributed by atoms with Crippen molar-refractivity contribution in [3.63, 3.8) is 0 Å². The normalized spacial score (nSPS) is 20.8. The molecule has 0 radical (unpaired) electrons. The second-order valence-electron chi connectivity index (χ2n) is 10.5. The fraction of sp³-hybridized carbons (Fsp3) is 0.344. The van der Waals surface area contributed by atoms with Crippen molar-refractivity contribution < 1.29 is 29.0 Å². The molecular weight excluding hydrogens is 552 g/mol. The van der Waals surface area contributed by atoms with Gasteiger partial charge in [-0.1, -0.05) is 49.1 Å². The lowest BCUT2D eigenvalue weighted by atomic mass is 9.99. The average Bonchev–Trinajstić information content (AvgIpc) is 3.04. The van der Waals surface area contributed by atoms with Crippen LogP contribution in [0.5, 0.6) is 0 Å². The molecule has 3 atom stereocenters. The van der Waals surface area contributed by atoms with Gasteiger partial charge in [0.1, 0.15) is 6.61 Å². The lowest BCUT2D eigenvalue weighted by Gasteiger charge is -2.41. The first-order chi connectivity index (χ1) is 20.9. The maximum Gasteiger partial charge on any atom is 0.411 e. The van der Waals surface area contributed by atoms with E-state index in [1.165, 1.54) is 6.08 Å². The number of carbonyl (C=O) groups excluding carboxylic acids is 1. The Morgan fingerprint density at radius 1 is 1.00 bits per heavy atom. The Kier molecular flexibility index (Phi) is 10.0. The number of amides is 1. The third kappa shape index (κ3) is 7.96. The zero-order valence-corrected chi connectivity index (χ0v) is 23.8. The number of nitro benzene ring substituents is 1. The van der Waals surface area contributed by atoms with Crippen molar-refractivity contribution in [1.29, 1.82) is 0 Å². The van der Waals surface area contributed by atoms with Gasteiger partial charge in [0.2, 0.25) is 0 Å². The summed E-state index contributed by atoms with van der Waals surface area (Å²) in [6, 6.07) is 21.8. The van der Waals surface area contributed by atoms with E-state index in [1.807, 2.05) is 36.4 Å². The molecule has 2 saturated heterocycles. The fourth-order valence-corrected chi connectivity index (χ4v) is 5.31. The molecule has 2 fully saturated rings. The van der Waals surface area contributed by atoms with Gasteiger partial charge in [-0.3, -0.25) is 20.3 Å². The number of hydrogen-bond donors (Lipinski definition) is 2. The van der Waals surface area contributed by atoms with Crippen molar-refractivity contribution in [2.45, 2.75) is 31.5 Å². The average molecular weight is 589 g/mol. The van der Waals surface area contributed by atoms with Gasteiger partial charge in [0.25, 0.3) is 5.69 Å². The van der Waals surface area contributed by atoms with Crippen LogP contribution < -0.4 is 10.2 Å². The van der Waals surface area contributed by atoms with E-state index >= 15 is 0 Å². The van der Waals surface area contributed by atoms with Gasteiger partial charge in [0.15, 0.2) is 6.29 Å². The van der Waals surface area contributed by atoms with Crippen molar-refractivity contribution in [2.24, 2.45) is 0 Å². The molecule has 3 aromatic rings. The standard InChI is InChI=1S/C32H36N4O7/c1-2-19-41-32(38)33-26-9-7-25(8-10-26)31-42-29(20-30(43-31)24-5-3-23(22-37)4-6-24)21-34-15-17-35(18-16-34)27-11-13-28(14-12-27)36(39)40/h2-14,29-31,37H,1,15-22H2,(H,33,38)/t29-,30+,31+/m1/s1. The summed E-state index contributed by atoms with van der Waals surface area (Å²) in [7, 11) is 0. The second kappa shape index (κ2) is 14.3. The van der Waals surface area contributed by atoms with Crippen LogP contribution in [0, 0.1) is 10.1 Å². The van der Waals surface area contributed by atoms with E-state index in [4.69, 9.17) is 14.2 Å². The van der Waals surface area contributed by atoms with E-state index in [-0.39, 0.29) is 36.0 Å². The zero-order chi connectivity index (χ0) is 30.2. The number of rotatable bonds is 10. The first kappa shape index (κ1) is 30.2. The summed E-state index contributed by atoms with van der Waals surface area (Å²) >= 11 is 0. The minimum Gasteiger partial charge on any atom is -0.445 e. The highest BCUT2D eigenvalue weighted by Gasteiger charge is 2.34. The molecule has 0 bridgehead atoms. The molecule has 2 aliphatic heterocycles. The number of hydrogen-bond acceptors (Lipinski definition) is 9. The maximum atomic E-state index is 11.9. The van der Waals surface area contributed by atoms with Crippen LogP contribution in [-0.2, 0) is 20.8 Å². The lowest BCUT2D eigenvalue weighted by molar-refractivity contribution is -0.384. The monoisotopic (exact) mass is 588 g/mol. The Balaban J connectivity index is 1.24. The molecule has 0 aliphatic carbocycles. The molecule has 226 valence electrons. The van der Waals surface area contributed by atoms with Crippen LogP contribution in [0.3, 0.4) is 0 Å². The van der Waals surface area contributed by atoms with Gasteiger partial charge in [0.05, 0.1) is 23.7 Å². The van der Waals surface area contributed by atoms with Crippen LogP contribution in [-0.4, -0.2) is 66.5 Å². The molecule has 5 rings (SSSR count). The number of nitro groups is 1. The van der Waals surface area contributed by atoms with Gasteiger partial charge >= 0.3 is 6.09 Å². The highest BCUT2D eigenvalue weighted by molar-refractivity contribution is 5.84. The Bertz CT molecular complexity index is 1370. The summed E-state index contributed by atoms with van der Waals surface area (Å²) in [5, 5.41) is 23.2. The summed E-state index contributed by atoms with van der Waals surface area (Å²) in [5.41, 5.74) is 4.34. The van der Waals surface area contributed by atoms with E-state index in [0.717, 1.165) is 55.1 Å². The van der Waals surface area contributed by atoms with Gasteiger partial charge in [0, 0.05) is 68.2 Å². The number of nitrogens with zero attached hydrogens (tertiary/aromatic N) is 3. The summed E-state index contributed by atoms with van der Waals surface area (Å²) in [4.78, 5) is 27.1. The SMILES string of the molecule is C=CCOC(=O)Nc1ccc([C@H]2O[C@@H](CN3CCN(c4ccc([N+](=O)[O-])cc4)CC3)C[C@@H](c3ccc(CO)cc3)O2)cc1. The van der Waals surface area contributed by atoms with Crippen LogP contribution in [0.2, 0.25) is 0 Å². The topological polar surface area (TPSA) is 127 Å². The maximum absolute atomic E-state index is 11.9. The highest BCUT2D eigenvalue weighted by atomic mass is 16.7. The van der Waals surface area contributed by atoms with E-state index in [9.17, 15) is 20.0 Å². The number of aliphatic hydroxyl groups excluding tert-OH is 1. The molecule has 2 N–H and O–H groups in total. The third-order valence-corrected chi connectivity index (χ3v) is 7.64. The van der Waals surface area contributed by atoms with E-state index in [1.54, 1.807) is 36.4 Å². The minimum absolute atomic E-state index is 0.0203. The number of non-ortho nitro benzene ring substituents is 1. The molecule has 0 unspecified atom stereocenters. The molecule has 3 aromatic carbocycles. The second-order valence-corrected chi connectivity index (χ2v) is 10.5. The molecule has 2 aliphatic rings. The largest absolute Gasteiger partial charge is 0.445 e. The van der Waals surface area contributed by atoms with Crippen molar-refractivity contribution in [3.05, 3.63) is 112 Å². The third-order valence-electron chi connectivity index (χ3n) is 7.64. The summed E-state index contributed by atoms with van der Waals surface area (Å²) in [5.74, 6) is 0. The van der Waals surface area contributed by atoms with E-state index < -0.39 is 12.4 Å². The quantitative estimate of drug-likeness (QED) is 0.187.